The third-order valence-corrected chi connectivity index (χ3v) is 6.48. The van der Waals surface area contributed by atoms with Crippen molar-refractivity contribution in [3.63, 3.8) is 0 Å². The predicted molar refractivity (Wildman–Crippen MR) is 155 cm³/mol. The standard InChI is InChI=1S/C30H26F2N6O6/c1-38-11-10-36-28(38)17-4-3-5-18(12-17)42-29-23(31)25(43-20-9-7-16(27(35)40)14-22(20)41-2)24(32)30(37-29)44-21-13-15(26(33)34)6-8-19(21)39/h3-9,12-14,39H,10-11H2,1-2H3,(H3,33,34)(H2,35,40). The highest BCUT2D eigenvalue weighted by atomic mass is 19.1. The summed E-state index contributed by atoms with van der Waals surface area (Å²) in [7, 11) is 3.15. The number of rotatable bonds is 10. The number of likely N-dealkylation sites (N-methyl/N-ethyl adjacent to an activating group) is 1. The van der Waals surface area contributed by atoms with Gasteiger partial charge in [0.2, 0.25) is 23.3 Å². The minimum atomic E-state index is -1.40. The summed E-state index contributed by atoms with van der Waals surface area (Å²) in [5.74, 6) is -6.55. The molecule has 14 heteroatoms. The number of methoxy groups -OCH3 is 1. The number of carbonyl (C=O) groups is 1. The fourth-order valence-electron chi connectivity index (χ4n) is 4.24. The van der Waals surface area contributed by atoms with Crippen molar-refractivity contribution in [3.05, 3.63) is 89.0 Å². The Balaban J connectivity index is 1.60. The van der Waals surface area contributed by atoms with Gasteiger partial charge in [-0.2, -0.15) is 13.8 Å². The van der Waals surface area contributed by atoms with Gasteiger partial charge in [0.15, 0.2) is 23.0 Å². The molecule has 0 radical (unpaired) electrons. The molecule has 1 aromatic heterocycles. The Morgan fingerprint density at radius 3 is 2.30 bits per heavy atom. The van der Waals surface area contributed by atoms with Crippen molar-refractivity contribution >= 4 is 17.6 Å². The molecule has 1 aliphatic heterocycles. The zero-order valence-corrected chi connectivity index (χ0v) is 23.4. The Kier molecular flexibility index (Phi) is 8.15. The number of hydrogen-bond acceptors (Lipinski definition) is 10. The lowest BCUT2D eigenvalue weighted by Gasteiger charge is -2.17. The number of phenols is 1. The Hall–Kier alpha value is -5.92. The minimum absolute atomic E-state index is 0.0530. The van der Waals surface area contributed by atoms with E-state index >= 15 is 8.78 Å². The molecule has 1 amide bonds. The van der Waals surface area contributed by atoms with Gasteiger partial charge in [0.05, 0.1) is 13.7 Å². The molecule has 6 N–H and O–H groups in total. The average Bonchev–Trinajstić information content (AvgIpc) is 3.44. The number of amidine groups is 2. The second-order valence-electron chi connectivity index (χ2n) is 9.47. The molecule has 226 valence electrons. The summed E-state index contributed by atoms with van der Waals surface area (Å²) in [6, 6.07) is 14.1. The first-order valence-corrected chi connectivity index (χ1v) is 13.0. The Labute approximate surface area is 249 Å². The summed E-state index contributed by atoms with van der Waals surface area (Å²) < 4.78 is 53.9. The largest absolute Gasteiger partial charge is 0.504 e. The topological polar surface area (TPSA) is 179 Å². The smallest absolute Gasteiger partial charge is 0.263 e. The van der Waals surface area contributed by atoms with E-state index in [1.165, 1.54) is 49.6 Å². The van der Waals surface area contributed by atoms with Crippen molar-refractivity contribution in [2.45, 2.75) is 0 Å². The van der Waals surface area contributed by atoms with Crippen LogP contribution in [0, 0.1) is 17.0 Å². The van der Waals surface area contributed by atoms with E-state index in [4.69, 9.17) is 35.8 Å². The molecule has 3 aromatic carbocycles. The zero-order valence-electron chi connectivity index (χ0n) is 23.4. The third-order valence-electron chi connectivity index (χ3n) is 6.48. The van der Waals surface area contributed by atoms with E-state index in [0.29, 0.717) is 17.9 Å². The van der Waals surface area contributed by atoms with Crippen LogP contribution >= 0.6 is 0 Å². The van der Waals surface area contributed by atoms with Gasteiger partial charge in [-0.05, 0) is 48.5 Å². The molecule has 0 spiro atoms. The van der Waals surface area contributed by atoms with Gasteiger partial charge in [-0.15, -0.1) is 0 Å². The lowest BCUT2D eigenvalue weighted by molar-refractivity contribution is 0.1000. The predicted octanol–water partition coefficient (Wildman–Crippen LogP) is 4.53. The number of benzene rings is 3. The number of nitrogens with two attached hydrogens (primary N) is 2. The van der Waals surface area contributed by atoms with Crippen LogP contribution in [0.1, 0.15) is 21.5 Å². The van der Waals surface area contributed by atoms with Crippen molar-refractivity contribution in [2.24, 2.45) is 16.5 Å². The summed E-state index contributed by atoms with van der Waals surface area (Å²) in [4.78, 5) is 21.9. The molecule has 0 unspecified atom stereocenters. The maximum atomic E-state index is 15.9. The van der Waals surface area contributed by atoms with Crippen molar-refractivity contribution < 1.29 is 37.6 Å². The molecule has 44 heavy (non-hydrogen) atoms. The van der Waals surface area contributed by atoms with Gasteiger partial charge in [0.1, 0.15) is 17.4 Å². The van der Waals surface area contributed by atoms with Crippen LogP contribution in [0.3, 0.4) is 0 Å². The summed E-state index contributed by atoms with van der Waals surface area (Å²) >= 11 is 0. The fraction of sp³-hybridized carbons (Fsp3) is 0.133. The van der Waals surface area contributed by atoms with Gasteiger partial charge in [0, 0.05) is 30.3 Å². The summed E-state index contributed by atoms with van der Waals surface area (Å²) in [5.41, 5.74) is 11.8. The number of halogens is 2. The van der Waals surface area contributed by atoms with E-state index in [9.17, 15) is 9.90 Å². The summed E-state index contributed by atoms with van der Waals surface area (Å²) in [6.07, 6.45) is 0. The first kappa shape index (κ1) is 29.6. The Bertz CT molecular complexity index is 1820. The van der Waals surface area contributed by atoms with Crippen LogP contribution in [0.4, 0.5) is 8.78 Å². The molecular formula is C30H26F2N6O6. The molecule has 0 fully saturated rings. The highest BCUT2D eigenvalue weighted by molar-refractivity contribution is 6.00. The van der Waals surface area contributed by atoms with Crippen LogP contribution in [-0.4, -0.2) is 59.8 Å². The molecular weight excluding hydrogens is 578 g/mol. The lowest BCUT2D eigenvalue weighted by atomic mass is 10.2. The number of hydrogen-bond donors (Lipinski definition) is 4. The number of phenolic OH excluding ortho intramolecular Hbond substituents is 1. The SMILES string of the molecule is COc1cc(C(N)=O)ccc1Oc1c(F)c(Oc2cccc(C3=NCCN3C)c2)nc(Oc2cc(C(=N)N)ccc2O)c1F. The molecule has 0 aliphatic carbocycles. The molecule has 1 aliphatic rings. The van der Waals surface area contributed by atoms with E-state index in [1.54, 1.807) is 18.2 Å². The number of nitrogen functional groups attached to an aromatic ring is 1. The quantitative estimate of drug-likeness (QED) is 0.150. The first-order chi connectivity index (χ1) is 21.0. The number of amides is 1. The molecule has 12 nitrogen and oxygen atoms in total. The van der Waals surface area contributed by atoms with Crippen LogP contribution in [0.2, 0.25) is 0 Å². The van der Waals surface area contributed by atoms with Crippen LogP contribution in [0.5, 0.6) is 46.3 Å². The van der Waals surface area contributed by atoms with Crippen LogP contribution in [-0.2, 0) is 0 Å². The van der Waals surface area contributed by atoms with Crippen LogP contribution < -0.4 is 30.4 Å². The molecule has 5 rings (SSSR count). The van der Waals surface area contributed by atoms with Gasteiger partial charge in [-0.3, -0.25) is 15.2 Å². The molecule has 4 aromatic rings. The number of aromatic nitrogens is 1. The van der Waals surface area contributed by atoms with Crippen molar-refractivity contribution in [1.29, 1.82) is 5.41 Å². The fourth-order valence-corrected chi connectivity index (χ4v) is 4.24. The summed E-state index contributed by atoms with van der Waals surface area (Å²) in [6.45, 7) is 1.35. The molecule has 0 saturated carbocycles. The maximum Gasteiger partial charge on any atom is 0.263 e. The number of carbonyl (C=O) groups excluding carboxylic acids is 1. The number of primary amides is 1. The number of pyridine rings is 1. The highest BCUT2D eigenvalue weighted by Crippen LogP contribution is 2.43. The number of aliphatic imine (C=N–C) groups is 1. The Morgan fingerprint density at radius 1 is 0.932 bits per heavy atom. The van der Waals surface area contributed by atoms with E-state index in [0.717, 1.165) is 6.54 Å². The second-order valence-corrected chi connectivity index (χ2v) is 9.47. The number of ether oxygens (including phenoxy) is 4. The zero-order chi connectivity index (χ0) is 31.5. The number of nitrogens with zero attached hydrogens (tertiary/aromatic N) is 3. The van der Waals surface area contributed by atoms with Crippen LogP contribution in [0.15, 0.2) is 65.7 Å². The normalized spacial score (nSPS) is 12.5. The number of aromatic hydroxyl groups is 1. The lowest BCUT2D eigenvalue weighted by Crippen LogP contribution is -2.23. The monoisotopic (exact) mass is 604 g/mol. The van der Waals surface area contributed by atoms with Crippen molar-refractivity contribution in [3.8, 4) is 46.3 Å². The van der Waals surface area contributed by atoms with E-state index < -0.39 is 40.8 Å². The Morgan fingerprint density at radius 2 is 1.64 bits per heavy atom. The molecule has 0 bridgehead atoms. The molecule has 0 atom stereocenters. The maximum absolute atomic E-state index is 15.9. The van der Waals surface area contributed by atoms with Crippen molar-refractivity contribution in [1.82, 2.24) is 9.88 Å². The van der Waals surface area contributed by atoms with Gasteiger partial charge in [0.25, 0.3) is 11.8 Å². The minimum Gasteiger partial charge on any atom is -0.504 e. The van der Waals surface area contributed by atoms with Crippen LogP contribution in [0.25, 0.3) is 0 Å². The molecule has 0 saturated heterocycles. The molecule has 2 heterocycles. The number of nitrogens with one attached hydrogen (secondary N) is 1. The first-order valence-electron chi connectivity index (χ1n) is 13.0. The van der Waals surface area contributed by atoms with E-state index in [-0.39, 0.29) is 40.0 Å². The highest BCUT2D eigenvalue weighted by Gasteiger charge is 2.28. The average molecular weight is 605 g/mol. The van der Waals surface area contributed by atoms with E-state index in [1.807, 2.05) is 11.9 Å². The third kappa shape index (κ3) is 5.99. The van der Waals surface area contributed by atoms with Gasteiger partial charge in [-0.25, -0.2) is 0 Å². The summed E-state index contributed by atoms with van der Waals surface area (Å²) in [5, 5.41) is 18.0. The van der Waals surface area contributed by atoms with Gasteiger partial charge in [-0.1, -0.05) is 12.1 Å². The van der Waals surface area contributed by atoms with Gasteiger partial charge < -0.3 is 40.4 Å². The van der Waals surface area contributed by atoms with E-state index in [2.05, 4.69) is 9.98 Å². The second kappa shape index (κ2) is 12.1. The van der Waals surface area contributed by atoms with Crippen molar-refractivity contribution in [2.75, 3.05) is 27.2 Å². The van der Waals surface area contributed by atoms with Gasteiger partial charge >= 0.3 is 0 Å².